The predicted molar refractivity (Wildman–Crippen MR) is 80.3 cm³/mol. The average Bonchev–Trinajstić information content (AvgIpc) is 2.48. The van der Waals surface area contributed by atoms with Gasteiger partial charge in [0.15, 0.2) is 0 Å². The summed E-state index contributed by atoms with van der Waals surface area (Å²) in [5.41, 5.74) is 2.50. The molecule has 2 aromatic carbocycles. The third-order valence-corrected chi connectivity index (χ3v) is 4.79. The fourth-order valence-corrected chi connectivity index (χ4v) is 2.90. The minimum absolute atomic E-state index is 0.0898. The van der Waals surface area contributed by atoms with E-state index in [2.05, 4.69) is 5.43 Å². The fraction of sp³-hybridized carbons (Fsp3) is 0.0714. The number of nitrogens with one attached hydrogen (secondary N) is 1. The molecule has 1 amide bonds. The fourth-order valence-electron chi connectivity index (χ4n) is 1.66. The molecule has 0 bridgehead atoms. The van der Waals surface area contributed by atoms with Crippen molar-refractivity contribution in [2.24, 2.45) is 0 Å². The first-order chi connectivity index (χ1) is 9.93. The molecule has 1 N–H and O–H groups in total. The number of hydrazine groups is 1. The molecule has 110 valence electrons. The van der Waals surface area contributed by atoms with E-state index >= 15 is 0 Å². The Hall–Kier alpha value is -1.89. The summed E-state index contributed by atoms with van der Waals surface area (Å²) >= 11 is 5.91. The summed E-state index contributed by atoms with van der Waals surface area (Å²) in [6.45, 7) is 0. The first kappa shape index (κ1) is 15.5. The van der Waals surface area contributed by atoms with Crippen molar-refractivity contribution in [3.63, 3.8) is 0 Å². The van der Waals surface area contributed by atoms with Crippen LogP contribution in [0.4, 0.5) is 0 Å². The van der Waals surface area contributed by atoms with Crippen LogP contribution < -0.4 is 5.43 Å². The van der Waals surface area contributed by atoms with E-state index in [1.807, 2.05) is 0 Å². The van der Waals surface area contributed by atoms with E-state index in [1.54, 1.807) is 36.4 Å². The Balaban J connectivity index is 2.21. The smallest absolute Gasteiger partial charge is 0.267 e. The van der Waals surface area contributed by atoms with Crippen LogP contribution in [0.2, 0.25) is 5.02 Å². The third kappa shape index (κ3) is 3.41. The first-order valence-electron chi connectivity index (χ1n) is 6.02. The van der Waals surface area contributed by atoms with E-state index in [4.69, 9.17) is 11.6 Å². The molecule has 0 atom stereocenters. The lowest BCUT2D eigenvalue weighted by molar-refractivity contribution is 0.0893. The van der Waals surface area contributed by atoms with Gasteiger partial charge < -0.3 is 0 Å². The second-order valence-corrected chi connectivity index (χ2v) is 6.58. The molecule has 0 unspecified atom stereocenters. The topological polar surface area (TPSA) is 66.5 Å². The highest BCUT2D eigenvalue weighted by Gasteiger charge is 2.23. The molecule has 5 nitrogen and oxygen atoms in total. The number of sulfonamides is 1. The second kappa shape index (κ2) is 6.26. The van der Waals surface area contributed by atoms with Crippen molar-refractivity contribution in [3.05, 3.63) is 65.2 Å². The molecule has 21 heavy (non-hydrogen) atoms. The van der Waals surface area contributed by atoms with E-state index in [1.165, 1.54) is 25.2 Å². The van der Waals surface area contributed by atoms with Gasteiger partial charge in [-0.1, -0.05) is 41.9 Å². The summed E-state index contributed by atoms with van der Waals surface area (Å²) in [4.78, 5) is 12.1. The number of halogens is 1. The van der Waals surface area contributed by atoms with Gasteiger partial charge in [-0.15, -0.1) is 4.41 Å². The number of nitrogens with zero attached hydrogens (tertiary/aromatic N) is 1. The van der Waals surface area contributed by atoms with Crippen LogP contribution >= 0.6 is 11.6 Å². The molecule has 0 aromatic heterocycles. The second-order valence-electron chi connectivity index (χ2n) is 4.21. The molecule has 0 aliphatic heterocycles. The maximum atomic E-state index is 12.3. The number of amides is 1. The summed E-state index contributed by atoms with van der Waals surface area (Å²) in [5, 5.41) is 0.250. The van der Waals surface area contributed by atoms with Crippen LogP contribution in [0.25, 0.3) is 0 Å². The molecule has 7 heteroatoms. The lowest BCUT2D eigenvalue weighted by atomic mass is 10.2. The number of hydrogen-bond donors (Lipinski definition) is 1. The van der Waals surface area contributed by atoms with Crippen LogP contribution in [-0.2, 0) is 10.0 Å². The Morgan fingerprint density at radius 2 is 1.62 bits per heavy atom. The Kier molecular flexibility index (Phi) is 4.62. The van der Waals surface area contributed by atoms with Gasteiger partial charge in [0.25, 0.3) is 15.9 Å². The summed E-state index contributed by atoms with van der Waals surface area (Å²) in [7, 11) is -2.54. The van der Waals surface area contributed by atoms with Crippen LogP contribution in [0.1, 0.15) is 10.4 Å². The maximum absolute atomic E-state index is 12.3. The molecule has 0 heterocycles. The highest BCUT2D eigenvalue weighted by atomic mass is 35.5. The monoisotopic (exact) mass is 324 g/mol. The number of hydrogen-bond acceptors (Lipinski definition) is 3. The van der Waals surface area contributed by atoms with Crippen LogP contribution in [0.5, 0.6) is 0 Å². The Labute approximate surface area is 128 Å². The largest absolute Gasteiger partial charge is 0.271 e. The molecule has 0 saturated carbocycles. The highest BCUT2D eigenvalue weighted by molar-refractivity contribution is 7.89. The lowest BCUT2D eigenvalue weighted by Crippen LogP contribution is -2.43. The van der Waals surface area contributed by atoms with Gasteiger partial charge in [0.2, 0.25) is 0 Å². The van der Waals surface area contributed by atoms with Crippen molar-refractivity contribution in [1.29, 1.82) is 0 Å². The highest BCUT2D eigenvalue weighted by Crippen LogP contribution is 2.16. The summed E-state index contributed by atoms with van der Waals surface area (Å²) in [5.74, 6) is -0.595. The predicted octanol–water partition coefficient (Wildman–Crippen LogP) is 2.31. The summed E-state index contributed by atoms with van der Waals surface area (Å²) < 4.78 is 25.3. The average molecular weight is 325 g/mol. The van der Waals surface area contributed by atoms with E-state index < -0.39 is 15.9 Å². The van der Waals surface area contributed by atoms with Gasteiger partial charge >= 0.3 is 0 Å². The molecule has 0 radical (unpaired) electrons. The SMILES string of the molecule is CN(NC(=O)c1ccccc1Cl)S(=O)(=O)c1ccccc1. The Bertz CT molecular complexity index is 748. The zero-order valence-electron chi connectivity index (χ0n) is 11.2. The van der Waals surface area contributed by atoms with Gasteiger partial charge in [-0.3, -0.25) is 10.2 Å². The quantitative estimate of drug-likeness (QED) is 0.878. The summed E-state index contributed by atoms with van der Waals surface area (Å²) in [6.07, 6.45) is 0. The molecule has 0 aliphatic carbocycles. The third-order valence-electron chi connectivity index (χ3n) is 2.78. The van der Waals surface area contributed by atoms with Crippen molar-refractivity contribution in [2.75, 3.05) is 7.05 Å². The zero-order chi connectivity index (χ0) is 15.5. The maximum Gasteiger partial charge on any atom is 0.267 e. The van der Waals surface area contributed by atoms with E-state index in [0.717, 1.165) is 4.41 Å². The lowest BCUT2D eigenvalue weighted by Gasteiger charge is -2.18. The normalized spacial score (nSPS) is 11.4. The Morgan fingerprint density at radius 1 is 1.05 bits per heavy atom. The van der Waals surface area contributed by atoms with Gasteiger partial charge in [0.1, 0.15) is 0 Å². The molecule has 0 aliphatic rings. The minimum atomic E-state index is -3.80. The summed E-state index contributed by atoms with van der Waals surface area (Å²) in [6, 6.07) is 14.2. The van der Waals surface area contributed by atoms with Crippen molar-refractivity contribution in [2.45, 2.75) is 4.90 Å². The van der Waals surface area contributed by atoms with Crippen LogP contribution in [0.3, 0.4) is 0 Å². The molecule has 0 spiro atoms. The van der Waals surface area contributed by atoms with Crippen LogP contribution in [0, 0.1) is 0 Å². The van der Waals surface area contributed by atoms with Gasteiger partial charge in [0.05, 0.1) is 15.5 Å². The van der Waals surface area contributed by atoms with Gasteiger partial charge in [0, 0.05) is 7.05 Å². The number of benzene rings is 2. The van der Waals surface area contributed by atoms with Crippen LogP contribution in [0.15, 0.2) is 59.5 Å². The Morgan fingerprint density at radius 3 is 2.24 bits per heavy atom. The van der Waals surface area contributed by atoms with Gasteiger partial charge in [-0.05, 0) is 24.3 Å². The van der Waals surface area contributed by atoms with Gasteiger partial charge in [-0.25, -0.2) is 8.42 Å². The molecule has 0 fully saturated rings. The standard InChI is InChI=1S/C14H13ClN2O3S/c1-17(21(19,20)11-7-3-2-4-8-11)16-14(18)12-9-5-6-10-13(12)15/h2-10H,1H3,(H,16,18). The molecule has 2 aromatic rings. The molecule has 2 rings (SSSR count). The molecular formula is C14H13ClN2O3S. The van der Waals surface area contributed by atoms with Crippen LogP contribution in [-0.4, -0.2) is 25.8 Å². The molecule has 0 saturated heterocycles. The van der Waals surface area contributed by atoms with E-state index in [0.29, 0.717) is 0 Å². The van der Waals surface area contributed by atoms with E-state index in [-0.39, 0.29) is 15.5 Å². The number of carbonyl (C=O) groups is 1. The minimum Gasteiger partial charge on any atom is -0.271 e. The van der Waals surface area contributed by atoms with Crippen molar-refractivity contribution in [1.82, 2.24) is 9.84 Å². The van der Waals surface area contributed by atoms with Crippen molar-refractivity contribution >= 4 is 27.5 Å². The zero-order valence-corrected chi connectivity index (χ0v) is 12.7. The molecular weight excluding hydrogens is 312 g/mol. The van der Waals surface area contributed by atoms with Crippen molar-refractivity contribution < 1.29 is 13.2 Å². The number of rotatable bonds is 4. The first-order valence-corrected chi connectivity index (χ1v) is 7.84. The van der Waals surface area contributed by atoms with E-state index in [9.17, 15) is 13.2 Å². The van der Waals surface area contributed by atoms with Crippen molar-refractivity contribution in [3.8, 4) is 0 Å². The number of carbonyl (C=O) groups excluding carboxylic acids is 1. The van der Waals surface area contributed by atoms with Gasteiger partial charge in [-0.2, -0.15) is 0 Å².